The molecule has 0 aliphatic heterocycles. The van der Waals surface area contributed by atoms with Crippen molar-refractivity contribution in [1.29, 1.82) is 0 Å². The van der Waals surface area contributed by atoms with Crippen LogP contribution in [0.3, 0.4) is 0 Å². The standard InChI is InChI=1S/C23H33N3O3S/c1-15(2)14-18-6-8-19(9-7-18)22(16(3)4)25-17(5)23(27)26-20-10-12-21(13-11-20)30(24,28)29/h6-13,15-17,22,25H,14H2,1-5H3,(H,26,27)(H2,24,28,29)/t17-,22-/m0/s1. The Kier molecular flexibility index (Phi) is 8.18. The zero-order chi connectivity index (χ0) is 22.5. The summed E-state index contributed by atoms with van der Waals surface area (Å²) in [7, 11) is -3.76. The number of nitrogens with one attached hydrogen (secondary N) is 2. The zero-order valence-corrected chi connectivity index (χ0v) is 19.2. The molecule has 0 aliphatic carbocycles. The number of nitrogens with two attached hydrogens (primary N) is 1. The van der Waals surface area contributed by atoms with Gasteiger partial charge in [-0.05, 0) is 60.6 Å². The third-order valence-corrected chi connectivity index (χ3v) is 5.85. The van der Waals surface area contributed by atoms with Gasteiger partial charge in [-0.1, -0.05) is 52.0 Å². The molecule has 6 nitrogen and oxygen atoms in total. The first kappa shape index (κ1) is 24.1. The third kappa shape index (κ3) is 6.93. The van der Waals surface area contributed by atoms with Gasteiger partial charge in [-0.3, -0.25) is 10.1 Å². The Bertz CT molecular complexity index is 937. The first-order chi connectivity index (χ1) is 14.0. The number of carbonyl (C=O) groups is 1. The Balaban J connectivity index is 2.05. The van der Waals surface area contributed by atoms with Gasteiger partial charge in [0, 0.05) is 11.7 Å². The summed E-state index contributed by atoms with van der Waals surface area (Å²) < 4.78 is 22.7. The lowest BCUT2D eigenvalue weighted by Crippen LogP contribution is -2.41. The summed E-state index contributed by atoms with van der Waals surface area (Å²) in [6, 6.07) is 14.0. The van der Waals surface area contributed by atoms with Crippen LogP contribution in [-0.4, -0.2) is 20.4 Å². The molecule has 0 saturated heterocycles. The fraction of sp³-hybridized carbons (Fsp3) is 0.435. The average molecular weight is 432 g/mol. The molecule has 4 N–H and O–H groups in total. The first-order valence-corrected chi connectivity index (χ1v) is 11.8. The highest BCUT2D eigenvalue weighted by atomic mass is 32.2. The van der Waals surface area contributed by atoms with Crippen LogP contribution in [-0.2, 0) is 21.2 Å². The van der Waals surface area contributed by atoms with E-state index in [4.69, 9.17) is 5.14 Å². The van der Waals surface area contributed by atoms with Gasteiger partial charge in [0.2, 0.25) is 15.9 Å². The largest absolute Gasteiger partial charge is 0.325 e. The molecule has 2 aromatic carbocycles. The summed E-state index contributed by atoms with van der Waals surface area (Å²) in [4.78, 5) is 12.6. The van der Waals surface area contributed by atoms with Crippen LogP contribution in [0, 0.1) is 11.8 Å². The third-order valence-electron chi connectivity index (χ3n) is 4.92. The van der Waals surface area contributed by atoms with E-state index in [-0.39, 0.29) is 16.8 Å². The molecule has 2 atom stereocenters. The minimum Gasteiger partial charge on any atom is -0.325 e. The van der Waals surface area contributed by atoms with Crippen molar-refractivity contribution in [3.63, 3.8) is 0 Å². The maximum Gasteiger partial charge on any atom is 0.241 e. The lowest BCUT2D eigenvalue weighted by molar-refractivity contribution is -0.118. The molecule has 0 aromatic heterocycles. The molecule has 7 heteroatoms. The van der Waals surface area contributed by atoms with Crippen LogP contribution in [0.4, 0.5) is 5.69 Å². The predicted octanol–water partition coefficient (Wildman–Crippen LogP) is 3.85. The molecule has 0 unspecified atom stereocenters. The lowest BCUT2D eigenvalue weighted by Gasteiger charge is -2.27. The summed E-state index contributed by atoms with van der Waals surface area (Å²) in [6.45, 7) is 10.5. The van der Waals surface area contributed by atoms with Crippen LogP contribution in [0.1, 0.15) is 51.8 Å². The number of anilines is 1. The molecule has 2 aromatic rings. The molecule has 0 heterocycles. The Morgan fingerprint density at radius 1 is 0.933 bits per heavy atom. The molecular formula is C23H33N3O3S. The van der Waals surface area contributed by atoms with Gasteiger partial charge in [-0.25, -0.2) is 13.6 Å². The molecule has 2 rings (SSSR count). The van der Waals surface area contributed by atoms with Gasteiger partial charge >= 0.3 is 0 Å². The number of rotatable bonds is 9. The van der Waals surface area contributed by atoms with Crippen LogP contribution < -0.4 is 15.8 Å². The molecule has 1 amide bonds. The number of sulfonamides is 1. The maximum absolute atomic E-state index is 12.6. The maximum atomic E-state index is 12.6. The Morgan fingerprint density at radius 2 is 1.50 bits per heavy atom. The molecule has 0 fully saturated rings. The van der Waals surface area contributed by atoms with Crippen LogP contribution in [0.2, 0.25) is 0 Å². The van der Waals surface area contributed by atoms with E-state index in [1.165, 1.54) is 29.8 Å². The van der Waals surface area contributed by atoms with Crippen molar-refractivity contribution < 1.29 is 13.2 Å². The van der Waals surface area contributed by atoms with E-state index >= 15 is 0 Å². The lowest BCUT2D eigenvalue weighted by atomic mass is 9.93. The Labute approximate surface area is 180 Å². The topological polar surface area (TPSA) is 101 Å². The number of hydrogen-bond acceptors (Lipinski definition) is 4. The molecule has 0 aliphatic rings. The highest BCUT2D eigenvalue weighted by Crippen LogP contribution is 2.24. The SMILES string of the molecule is CC(C)Cc1ccc([C@@H](N[C@@H](C)C(=O)Nc2ccc(S(N)(=O)=O)cc2)C(C)C)cc1. The minimum absolute atomic E-state index is 0.00691. The van der Waals surface area contributed by atoms with Gasteiger partial charge in [0.25, 0.3) is 0 Å². The molecule has 0 bridgehead atoms. The van der Waals surface area contributed by atoms with Crippen LogP contribution >= 0.6 is 0 Å². The highest BCUT2D eigenvalue weighted by Gasteiger charge is 2.22. The van der Waals surface area contributed by atoms with Crippen molar-refractivity contribution in [2.45, 2.75) is 58.0 Å². The van der Waals surface area contributed by atoms with E-state index in [0.717, 1.165) is 12.0 Å². The number of benzene rings is 2. The van der Waals surface area contributed by atoms with Gasteiger partial charge in [-0.15, -0.1) is 0 Å². The van der Waals surface area contributed by atoms with Crippen molar-refractivity contribution in [2.75, 3.05) is 5.32 Å². The van der Waals surface area contributed by atoms with Crippen molar-refractivity contribution in [2.24, 2.45) is 17.0 Å². The summed E-state index contributed by atoms with van der Waals surface area (Å²) in [5, 5.41) is 11.3. The molecule has 30 heavy (non-hydrogen) atoms. The van der Waals surface area contributed by atoms with Crippen molar-refractivity contribution >= 4 is 21.6 Å². The molecular weight excluding hydrogens is 398 g/mol. The van der Waals surface area contributed by atoms with E-state index < -0.39 is 16.1 Å². The second-order valence-electron chi connectivity index (χ2n) is 8.51. The second kappa shape index (κ2) is 10.2. The van der Waals surface area contributed by atoms with E-state index in [9.17, 15) is 13.2 Å². The number of carbonyl (C=O) groups excluding carboxylic acids is 1. The normalized spacial score (nSPS) is 14.0. The van der Waals surface area contributed by atoms with E-state index in [0.29, 0.717) is 17.5 Å². The molecule has 0 radical (unpaired) electrons. The molecule has 0 spiro atoms. The van der Waals surface area contributed by atoms with Gasteiger partial charge in [0.1, 0.15) is 0 Å². The van der Waals surface area contributed by atoms with Gasteiger partial charge in [-0.2, -0.15) is 0 Å². The molecule has 0 saturated carbocycles. The summed E-state index contributed by atoms with van der Waals surface area (Å²) in [5.74, 6) is 0.711. The average Bonchev–Trinajstić information content (AvgIpc) is 2.65. The first-order valence-electron chi connectivity index (χ1n) is 10.3. The van der Waals surface area contributed by atoms with Crippen molar-refractivity contribution in [3.8, 4) is 0 Å². The number of amides is 1. The van der Waals surface area contributed by atoms with Crippen LogP contribution in [0.25, 0.3) is 0 Å². The second-order valence-corrected chi connectivity index (χ2v) is 10.1. The number of primary sulfonamides is 1. The fourth-order valence-electron chi connectivity index (χ4n) is 3.33. The van der Waals surface area contributed by atoms with Crippen LogP contribution in [0.5, 0.6) is 0 Å². The van der Waals surface area contributed by atoms with E-state index in [1.807, 2.05) is 6.92 Å². The van der Waals surface area contributed by atoms with Crippen molar-refractivity contribution in [1.82, 2.24) is 5.32 Å². The van der Waals surface area contributed by atoms with Gasteiger partial charge in [0.05, 0.1) is 10.9 Å². The van der Waals surface area contributed by atoms with Gasteiger partial charge < -0.3 is 5.32 Å². The van der Waals surface area contributed by atoms with E-state index in [2.05, 4.69) is 62.6 Å². The fourth-order valence-corrected chi connectivity index (χ4v) is 3.84. The van der Waals surface area contributed by atoms with Gasteiger partial charge in [0.15, 0.2) is 0 Å². The quantitative estimate of drug-likeness (QED) is 0.561. The smallest absolute Gasteiger partial charge is 0.241 e. The number of hydrogen-bond donors (Lipinski definition) is 3. The molecule has 164 valence electrons. The summed E-state index contributed by atoms with van der Waals surface area (Å²) in [5.41, 5.74) is 2.97. The van der Waals surface area contributed by atoms with E-state index in [1.54, 1.807) is 0 Å². The zero-order valence-electron chi connectivity index (χ0n) is 18.3. The minimum atomic E-state index is -3.76. The van der Waals surface area contributed by atoms with Crippen molar-refractivity contribution in [3.05, 3.63) is 59.7 Å². The predicted molar refractivity (Wildman–Crippen MR) is 122 cm³/mol. The van der Waals surface area contributed by atoms with Crippen LogP contribution in [0.15, 0.2) is 53.4 Å². The Hall–Kier alpha value is -2.22. The summed E-state index contributed by atoms with van der Waals surface area (Å²) in [6.07, 6.45) is 1.04. The Morgan fingerprint density at radius 3 is 1.97 bits per heavy atom. The monoisotopic (exact) mass is 431 g/mol. The highest BCUT2D eigenvalue weighted by molar-refractivity contribution is 7.89. The summed E-state index contributed by atoms with van der Waals surface area (Å²) >= 11 is 0.